The molecule has 0 saturated carbocycles. The van der Waals surface area contributed by atoms with Gasteiger partial charge in [0, 0.05) is 23.9 Å². The quantitative estimate of drug-likeness (QED) is 0.179. The third-order valence-electron chi connectivity index (χ3n) is 5.40. The maximum atomic E-state index is 12.8. The van der Waals surface area contributed by atoms with Gasteiger partial charge in [0.2, 0.25) is 12.3 Å². The van der Waals surface area contributed by atoms with Crippen LogP contribution in [0.2, 0.25) is 0 Å². The molecular formula is C29H31N3O5. The van der Waals surface area contributed by atoms with Gasteiger partial charge in [0.15, 0.2) is 12.4 Å². The van der Waals surface area contributed by atoms with Crippen LogP contribution < -0.4 is 10.5 Å². The second-order valence-electron chi connectivity index (χ2n) is 7.79. The molecule has 0 radical (unpaired) electrons. The van der Waals surface area contributed by atoms with Gasteiger partial charge in [-0.15, -0.1) is 5.73 Å². The van der Waals surface area contributed by atoms with E-state index in [0.29, 0.717) is 29.6 Å². The van der Waals surface area contributed by atoms with Gasteiger partial charge in [-0.25, -0.2) is 9.78 Å². The molecule has 0 saturated heterocycles. The van der Waals surface area contributed by atoms with Crippen LogP contribution in [0.1, 0.15) is 42.4 Å². The number of ether oxygens (including phenoxy) is 1. The molecule has 0 aliphatic heterocycles. The second-order valence-corrected chi connectivity index (χ2v) is 7.79. The Balaban J connectivity index is 0.00000153. The van der Waals surface area contributed by atoms with E-state index >= 15 is 0 Å². The molecule has 0 aliphatic carbocycles. The summed E-state index contributed by atoms with van der Waals surface area (Å²) in [6, 6.07) is 9.55. The first-order valence-corrected chi connectivity index (χ1v) is 11.6. The van der Waals surface area contributed by atoms with Crippen molar-refractivity contribution in [1.29, 1.82) is 0 Å². The van der Waals surface area contributed by atoms with E-state index in [9.17, 15) is 14.7 Å². The van der Waals surface area contributed by atoms with E-state index in [-0.39, 0.29) is 18.1 Å². The van der Waals surface area contributed by atoms with E-state index in [1.165, 1.54) is 6.92 Å². The summed E-state index contributed by atoms with van der Waals surface area (Å²) in [5, 5.41) is 9.21. The van der Waals surface area contributed by atoms with Crippen LogP contribution in [0.15, 0.2) is 78.7 Å². The van der Waals surface area contributed by atoms with Crippen molar-refractivity contribution in [3.8, 4) is 17.1 Å². The van der Waals surface area contributed by atoms with Crippen molar-refractivity contribution < 1.29 is 24.2 Å². The van der Waals surface area contributed by atoms with Crippen LogP contribution in [0.25, 0.3) is 16.8 Å². The number of rotatable bonds is 10. The first-order valence-electron chi connectivity index (χ1n) is 11.6. The number of nitrogens with zero attached hydrogens (tertiary/aromatic N) is 2. The highest BCUT2D eigenvalue weighted by Gasteiger charge is 2.25. The van der Waals surface area contributed by atoms with Crippen molar-refractivity contribution in [3.05, 3.63) is 95.5 Å². The largest absolute Gasteiger partial charge is 0.479 e. The number of ketones is 1. The molecule has 8 heteroatoms. The fourth-order valence-electron chi connectivity index (χ4n) is 3.93. The van der Waals surface area contributed by atoms with E-state index in [1.54, 1.807) is 6.08 Å². The molecule has 192 valence electrons. The van der Waals surface area contributed by atoms with Crippen LogP contribution in [-0.2, 0) is 22.4 Å². The van der Waals surface area contributed by atoms with Crippen LogP contribution in [0.5, 0.6) is 5.88 Å². The number of hydrogen-bond acceptors (Lipinski definition) is 5. The summed E-state index contributed by atoms with van der Waals surface area (Å²) in [4.78, 5) is 37.3. The Morgan fingerprint density at radius 3 is 2.49 bits per heavy atom. The fourth-order valence-corrected chi connectivity index (χ4v) is 3.93. The highest BCUT2D eigenvalue weighted by atomic mass is 16.5. The fraction of sp³-hybridized carbons (Fsp3) is 0.207. The van der Waals surface area contributed by atoms with Crippen molar-refractivity contribution in [3.63, 3.8) is 0 Å². The molecule has 0 spiro atoms. The monoisotopic (exact) mass is 501 g/mol. The maximum Gasteiger partial charge on any atom is 0.341 e. The Morgan fingerprint density at radius 1 is 1.27 bits per heavy atom. The standard InChI is InChI=1S/C28H28N2O4.CH3NO/c1-5-8-10-13-20(6-2)16-24-22(7-3)26(19(4)31)27-28(34-18-25(32)33)29-23(17-30(24)27)21-14-11-9-12-15-21;2-1-3/h5-6,9-15,17H,2,7,16,18H2,1,3-4H3,(H,32,33);1H,(H2,2,3)/b20-13+;. The number of nitrogens with two attached hydrogens (primary N) is 1. The summed E-state index contributed by atoms with van der Waals surface area (Å²) in [5.41, 5.74) is 12.4. The van der Waals surface area contributed by atoms with E-state index in [0.717, 1.165) is 22.4 Å². The number of primary amides is 1. The van der Waals surface area contributed by atoms with Gasteiger partial charge in [0.05, 0.1) is 11.3 Å². The summed E-state index contributed by atoms with van der Waals surface area (Å²) in [6.45, 7) is 8.76. The number of fused-ring (bicyclic) bond motifs is 1. The van der Waals surface area contributed by atoms with Crippen LogP contribution >= 0.6 is 0 Å². The molecule has 37 heavy (non-hydrogen) atoms. The summed E-state index contributed by atoms with van der Waals surface area (Å²) in [5.74, 6) is -1.13. The normalized spacial score (nSPS) is 10.5. The molecule has 3 N–H and O–H groups in total. The maximum absolute atomic E-state index is 12.8. The smallest absolute Gasteiger partial charge is 0.341 e. The molecule has 0 bridgehead atoms. The molecule has 0 atom stereocenters. The molecule has 2 heterocycles. The van der Waals surface area contributed by atoms with Crippen LogP contribution in [0, 0.1) is 0 Å². The van der Waals surface area contributed by atoms with Gasteiger partial charge < -0.3 is 20.0 Å². The van der Waals surface area contributed by atoms with Crippen molar-refractivity contribution in [2.45, 2.75) is 33.6 Å². The van der Waals surface area contributed by atoms with E-state index in [4.69, 9.17) is 9.53 Å². The number of carboxylic acid groups (broad SMARTS) is 1. The summed E-state index contributed by atoms with van der Waals surface area (Å²) >= 11 is 0. The number of benzene rings is 1. The first kappa shape index (κ1) is 28.6. The van der Waals surface area contributed by atoms with Crippen LogP contribution in [0.3, 0.4) is 0 Å². The Morgan fingerprint density at radius 2 is 1.95 bits per heavy atom. The summed E-state index contributed by atoms with van der Waals surface area (Å²) in [7, 11) is 0. The van der Waals surface area contributed by atoms with Crippen LogP contribution in [-0.4, -0.2) is 39.3 Å². The number of Topliss-reactive ketones (excluding diaryl/α,β-unsaturated/α-hetero) is 1. The zero-order valence-corrected chi connectivity index (χ0v) is 21.2. The number of carbonyl (C=O) groups is 3. The number of aliphatic carboxylic acids is 1. The predicted molar refractivity (Wildman–Crippen MR) is 144 cm³/mol. The Kier molecular flexibility index (Phi) is 10.8. The van der Waals surface area contributed by atoms with Gasteiger partial charge in [0.25, 0.3) is 0 Å². The minimum atomic E-state index is -1.12. The lowest BCUT2D eigenvalue weighted by molar-refractivity contribution is -0.139. The number of allylic oxidation sites excluding steroid dienone is 4. The minimum Gasteiger partial charge on any atom is -0.479 e. The Labute approximate surface area is 216 Å². The topological polar surface area (TPSA) is 124 Å². The molecular weight excluding hydrogens is 470 g/mol. The van der Waals surface area contributed by atoms with E-state index in [1.807, 2.05) is 73.0 Å². The van der Waals surface area contributed by atoms with Crippen molar-refractivity contribution in [1.82, 2.24) is 9.38 Å². The van der Waals surface area contributed by atoms with Gasteiger partial charge in [0.1, 0.15) is 5.52 Å². The summed E-state index contributed by atoms with van der Waals surface area (Å²) in [6.07, 6.45) is 10.6. The van der Waals surface area contributed by atoms with E-state index < -0.39 is 12.6 Å². The number of aromatic nitrogens is 2. The number of hydrogen-bond donors (Lipinski definition) is 2. The summed E-state index contributed by atoms with van der Waals surface area (Å²) < 4.78 is 7.53. The molecule has 1 amide bonds. The third kappa shape index (κ3) is 7.16. The number of amides is 1. The lowest BCUT2D eigenvalue weighted by Gasteiger charge is -2.12. The van der Waals surface area contributed by atoms with Crippen molar-refractivity contribution >= 4 is 23.7 Å². The molecule has 2 aromatic heterocycles. The molecule has 8 nitrogen and oxygen atoms in total. The molecule has 3 aromatic rings. The molecule has 0 fully saturated rings. The lowest BCUT2D eigenvalue weighted by Crippen LogP contribution is -2.12. The SMILES string of the molecule is C=C/C(=C\C=C=CC)Cc1c(CC)c(C(C)=O)c2c(OCC(=O)O)nc(-c3ccccc3)cn12.NC=O. The van der Waals surface area contributed by atoms with Gasteiger partial charge in [-0.05, 0) is 43.6 Å². The Bertz CT molecular complexity index is 1380. The zero-order chi connectivity index (χ0) is 27.4. The third-order valence-corrected chi connectivity index (χ3v) is 5.40. The highest BCUT2D eigenvalue weighted by Crippen LogP contribution is 2.34. The zero-order valence-electron chi connectivity index (χ0n) is 21.2. The Hall–Kier alpha value is -4.68. The predicted octanol–water partition coefficient (Wildman–Crippen LogP) is 4.72. The molecule has 3 rings (SSSR count). The molecule has 0 unspecified atom stereocenters. The van der Waals surface area contributed by atoms with E-state index in [2.05, 4.69) is 23.0 Å². The number of carboxylic acids is 1. The van der Waals surface area contributed by atoms with Gasteiger partial charge in [-0.2, -0.15) is 0 Å². The first-order chi connectivity index (χ1) is 17.8. The van der Waals surface area contributed by atoms with Crippen molar-refractivity contribution in [2.24, 2.45) is 5.73 Å². The van der Waals surface area contributed by atoms with Crippen LogP contribution in [0.4, 0.5) is 0 Å². The van der Waals surface area contributed by atoms with Gasteiger partial charge in [-0.3, -0.25) is 9.59 Å². The molecule has 1 aromatic carbocycles. The lowest BCUT2D eigenvalue weighted by atomic mass is 10.00. The van der Waals surface area contributed by atoms with Crippen molar-refractivity contribution in [2.75, 3.05) is 6.61 Å². The average molecular weight is 502 g/mol. The highest BCUT2D eigenvalue weighted by molar-refractivity contribution is 6.04. The second kappa shape index (κ2) is 14.0. The van der Waals surface area contributed by atoms with Gasteiger partial charge in [-0.1, -0.05) is 56.0 Å². The minimum absolute atomic E-state index is 0.118. The van der Waals surface area contributed by atoms with Gasteiger partial charge >= 0.3 is 5.97 Å². The number of carbonyl (C=O) groups excluding carboxylic acids is 2. The molecule has 0 aliphatic rings. The average Bonchev–Trinajstić information content (AvgIpc) is 3.21.